The standard InChI is InChI=1S/C8H5BrF2/c1-5(10)6-2-3-7(9)8(11)4-6/h2-4H,1H2. The molecule has 1 rings (SSSR count). The second kappa shape index (κ2) is 3.13. The zero-order chi connectivity index (χ0) is 8.43. The molecule has 11 heavy (non-hydrogen) atoms. The monoisotopic (exact) mass is 218 g/mol. The molecule has 58 valence electrons. The van der Waals surface area contributed by atoms with Gasteiger partial charge in [-0.3, -0.25) is 0 Å². The molecule has 0 radical (unpaired) electrons. The summed E-state index contributed by atoms with van der Waals surface area (Å²) in [5, 5.41) is 0. The zero-order valence-electron chi connectivity index (χ0n) is 5.57. The molecule has 0 atom stereocenters. The maximum atomic E-state index is 12.7. The lowest BCUT2D eigenvalue weighted by Gasteiger charge is -1.97. The van der Waals surface area contributed by atoms with Gasteiger partial charge in [0.25, 0.3) is 0 Å². The Kier molecular flexibility index (Phi) is 2.39. The second-order valence-electron chi connectivity index (χ2n) is 2.03. The first-order valence-electron chi connectivity index (χ1n) is 2.91. The van der Waals surface area contributed by atoms with Crippen molar-refractivity contribution in [2.45, 2.75) is 0 Å². The molecule has 0 nitrogen and oxygen atoms in total. The van der Waals surface area contributed by atoms with E-state index in [-0.39, 0.29) is 5.56 Å². The van der Waals surface area contributed by atoms with Gasteiger partial charge in [0.05, 0.1) is 4.47 Å². The van der Waals surface area contributed by atoms with Crippen molar-refractivity contribution in [1.29, 1.82) is 0 Å². The van der Waals surface area contributed by atoms with Crippen molar-refractivity contribution in [2.75, 3.05) is 0 Å². The molecular weight excluding hydrogens is 214 g/mol. The average molecular weight is 219 g/mol. The van der Waals surface area contributed by atoms with Crippen molar-refractivity contribution in [1.82, 2.24) is 0 Å². The number of rotatable bonds is 1. The Bertz CT molecular complexity index is 294. The van der Waals surface area contributed by atoms with Gasteiger partial charge in [0.1, 0.15) is 11.6 Å². The normalized spacial score (nSPS) is 9.73. The van der Waals surface area contributed by atoms with E-state index in [2.05, 4.69) is 22.5 Å². The van der Waals surface area contributed by atoms with Crippen molar-refractivity contribution in [2.24, 2.45) is 0 Å². The van der Waals surface area contributed by atoms with Crippen molar-refractivity contribution in [3.05, 3.63) is 40.6 Å². The quantitative estimate of drug-likeness (QED) is 0.677. The molecule has 0 aromatic heterocycles. The fraction of sp³-hybridized carbons (Fsp3) is 0. The van der Waals surface area contributed by atoms with Crippen molar-refractivity contribution < 1.29 is 8.78 Å². The summed E-state index contributed by atoms with van der Waals surface area (Å²) in [6.07, 6.45) is 0. The lowest BCUT2D eigenvalue weighted by atomic mass is 10.2. The molecule has 0 unspecified atom stereocenters. The molecule has 0 spiro atoms. The zero-order valence-corrected chi connectivity index (χ0v) is 7.16. The van der Waals surface area contributed by atoms with E-state index < -0.39 is 11.6 Å². The Hall–Kier alpha value is -0.700. The lowest BCUT2D eigenvalue weighted by Crippen LogP contribution is -1.81. The molecule has 0 bridgehead atoms. The molecule has 0 fully saturated rings. The third kappa shape index (κ3) is 1.87. The number of halogens is 3. The molecule has 3 heteroatoms. The molecular formula is C8H5BrF2. The first-order chi connectivity index (χ1) is 5.11. The highest BCUT2D eigenvalue weighted by Crippen LogP contribution is 2.20. The van der Waals surface area contributed by atoms with Crippen LogP contribution in [0.1, 0.15) is 5.56 Å². The topological polar surface area (TPSA) is 0 Å². The van der Waals surface area contributed by atoms with Crippen LogP contribution in [-0.2, 0) is 0 Å². The van der Waals surface area contributed by atoms with E-state index in [1.54, 1.807) is 0 Å². The first-order valence-corrected chi connectivity index (χ1v) is 3.70. The molecule has 0 heterocycles. The van der Waals surface area contributed by atoms with Gasteiger partial charge in [0, 0.05) is 5.56 Å². The van der Waals surface area contributed by atoms with Crippen LogP contribution in [0.3, 0.4) is 0 Å². The van der Waals surface area contributed by atoms with Crippen LogP contribution in [0.15, 0.2) is 29.3 Å². The van der Waals surface area contributed by atoms with Crippen molar-refractivity contribution in [3.8, 4) is 0 Å². The third-order valence-electron chi connectivity index (χ3n) is 1.23. The number of hydrogen-bond donors (Lipinski definition) is 0. The highest BCUT2D eigenvalue weighted by molar-refractivity contribution is 9.10. The molecule has 0 aliphatic rings. The minimum Gasteiger partial charge on any atom is -0.207 e. The Morgan fingerprint density at radius 1 is 1.45 bits per heavy atom. The summed E-state index contributed by atoms with van der Waals surface area (Å²) in [6, 6.07) is 3.98. The predicted molar refractivity (Wildman–Crippen MR) is 44.2 cm³/mol. The van der Waals surface area contributed by atoms with Crippen molar-refractivity contribution in [3.63, 3.8) is 0 Å². The van der Waals surface area contributed by atoms with Crippen LogP contribution in [0, 0.1) is 5.82 Å². The van der Waals surface area contributed by atoms with Gasteiger partial charge >= 0.3 is 0 Å². The highest BCUT2D eigenvalue weighted by Gasteiger charge is 2.01. The molecule has 1 aromatic rings. The third-order valence-corrected chi connectivity index (χ3v) is 1.88. The van der Waals surface area contributed by atoms with Gasteiger partial charge < -0.3 is 0 Å². The van der Waals surface area contributed by atoms with E-state index in [1.807, 2.05) is 0 Å². The minimum atomic E-state index is -0.628. The molecule has 0 saturated heterocycles. The summed E-state index contributed by atoms with van der Waals surface area (Å²) in [5.41, 5.74) is 0.172. The van der Waals surface area contributed by atoms with Crippen LogP contribution >= 0.6 is 15.9 Å². The molecule has 0 N–H and O–H groups in total. The first kappa shape index (κ1) is 8.40. The minimum absolute atomic E-state index is 0.172. The Labute approximate surface area is 71.7 Å². The van der Waals surface area contributed by atoms with Gasteiger partial charge in [-0.25, -0.2) is 8.78 Å². The maximum Gasteiger partial charge on any atom is 0.138 e. The molecule has 0 aliphatic heterocycles. The van der Waals surface area contributed by atoms with E-state index in [4.69, 9.17) is 0 Å². The van der Waals surface area contributed by atoms with Crippen LogP contribution in [0.2, 0.25) is 0 Å². The predicted octanol–water partition coefficient (Wildman–Crippen LogP) is 3.53. The summed E-state index contributed by atoms with van der Waals surface area (Å²) < 4.78 is 25.4. The Morgan fingerprint density at radius 2 is 2.09 bits per heavy atom. The van der Waals surface area contributed by atoms with E-state index in [0.29, 0.717) is 4.47 Å². The summed E-state index contributed by atoms with van der Waals surface area (Å²) in [4.78, 5) is 0. The maximum absolute atomic E-state index is 12.7. The van der Waals surface area contributed by atoms with Gasteiger partial charge in [0.15, 0.2) is 0 Å². The van der Waals surface area contributed by atoms with Gasteiger partial charge in [-0.2, -0.15) is 0 Å². The summed E-state index contributed by atoms with van der Waals surface area (Å²) in [6.45, 7) is 3.05. The molecule has 0 saturated carbocycles. The largest absolute Gasteiger partial charge is 0.207 e. The SMILES string of the molecule is C=C(F)c1ccc(Br)c(F)c1. The Balaban J connectivity index is 3.15. The van der Waals surface area contributed by atoms with Crippen LogP contribution < -0.4 is 0 Å². The molecule has 1 aromatic carbocycles. The number of benzene rings is 1. The molecule has 0 aliphatic carbocycles. The molecule has 0 amide bonds. The van der Waals surface area contributed by atoms with E-state index in [1.165, 1.54) is 12.1 Å². The van der Waals surface area contributed by atoms with Crippen LogP contribution in [0.5, 0.6) is 0 Å². The fourth-order valence-electron chi connectivity index (χ4n) is 0.665. The average Bonchev–Trinajstić information content (AvgIpc) is 1.94. The summed E-state index contributed by atoms with van der Waals surface area (Å²) in [5.74, 6) is -1.11. The Morgan fingerprint density at radius 3 is 2.55 bits per heavy atom. The summed E-state index contributed by atoms with van der Waals surface area (Å²) in [7, 11) is 0. The van der Waals surface area contributed by atoms with Gasteiger partial charge in [-0.15, -0.1) is 0 Å². The smallest absolute Gasteiger partial charge is 0.138 e. The second-order valence-corrected chi connectivity index (χ2v) is 2.89. The number of hydrogen-bond acceptors (Lipinski definition) is 0. The van der Waals surface area contributed by atoms with Gasteiger partial charge in [0.2, 0.25) is 0 Å². The fourth-order valence-corrected chi connectivity index (χ4v) is 0.911. The summed E-state index contributed by atoms with van der Waals surface area (Å²) >= 11 is 2.95. The van der Waals surface area contributed by atoms with Crippen LogP contribution in [0.4, 0.5) is 8.78 Å². The van der Waals surface area contributed by atoms with Crippen molar-refractivity contribution >= 4 is 21.8 Å². The van der Waals surface area contributed by atoms with Crippen LogP contribution in [-0.4, -0.2) is 0 Å². The van der Waals surface area contributed by atoms with Gasteiger partial charge in [-0.05, 0) is 28.1 Å². The highest BCUT2D eigenvalue weighted by atomic mass is 79.9. The van der Waals surface area contributed by atoms with E-state index in [0.717, 1.165) is 6.07 Å². The lowest BCUT2D eigenvalue weighted by molar-refractivity contribution is 0.619. The van der Waals surface area contributed by atoms with E-state index >= 15 is 0 Å². The van der Waals surface area contributed by atoms with Crippen LogP contribution in [0.25, 0.3) is 5.83 Å². The van der Waals surface area contributed by atoms with E-state index in [9.17, 15) is 8.78 Å². The van der Waals surface area contributed by atoms with Gasteiger partial charge in [-0.1, -0.05) is 12.6 Å².